The summed E-state index contributed by atoms with van der Waals surface area (Å²) in [5.41, 5.74) is 10.6. The van der Waals surface area contributed by atoms with E-state index in [2.05, 4.69) is 57.1 Å². The van der Waals surface area contributed by atoms with E-state index in [0.29, 0.717) is 61.4 Å². The Kier molecular flexibility index (Phi) is 16.5. The van der Waals surface area contributed by atoms with Gasteiger partial charge in [-0.25, -0.2) is 19.9 Å². The molecule has 17 heteroatoms. The van der Waals surface area contributed by atoms with Crippen LogP contribution in [-0.4, -0.2) is 43.3 Å². The number of hydrogen-bond acceptors (Lipinski definition) is 8. The van der Waals surface area contributed by atoms with Gasteiger partial charge in [-0.3, -0.25) is 9.13 Å². The Morgan fingerprint density at radius 1 is 0.607 bits per heavy atom. The second-order valence-corrected chi connectivity index (χ2v) is 16.4. The van der Waals surface area contributed by atoms with Crippen LogP contribution < -0.4 is 20.5 Å². The van der Waals surface area contributed by atoms with E-state index in [0.717, 1.165) is 48.5 Å². The Hall–Kier alpha value is -4.63. The van der Waals surface area contributed by atoms with Crippen molar-refractivity contribution in [3.63, 3.8) is 0 Å². The molecule has 4 aromatic heterocycles. The number of benzene rings is 4. The normalized spacial score (nSPS) is 10.6. The van der Waals surface area contributed by atoms with E-state index in [4.69, 9.17) is 73.2 Å². The average molecular weight is 1040 g/mol. The smallest absolute Gasteiger partial charge is 0.148 e. The zero-order valence-corrected chi connectivity index (χ0v) is 39.3. The lowest BCUT2D eigenvalue weighted by Crippen LogP contribution is -2.05. The number of aromatic nitrogens is 6. The zero-order valence-electron chi connectivity index (χ0n) is 32.3. The van der Waals surface area contributed by atoms with Gasteiger partial charge in [-0.15, -0.1) is 0 Å². The average Bonchev–Trinajstić information content (AvgIpc) is 3.98. The lowest BCUT2D eigenvalue weighted by atomic mass is 10.2. The van der Waals surface area contributed by atoms with Crippen molar-refractivity contribution in [3.8, 4) is 45.6 Å². The van der Waals surface area contributed by atoms with Gasteiger partial charge in [-0.2, -0.15) is 0 Å². The van der Waals surface area contributed by atoms with Crippen LogP contribution in [0.15, 0.2) is 143 Å². The quantitative estimate of drug-likeness (QED) is 0.130. The molecule has 0 spiro atoms. The fraction of sp³-hybridized carbons (Fsp3) is 0.0909. The maximum absolute atomic E-state index is 6.45. The van der Waals surface area contributed by atoms with Crippen molar-refractivity contribution in [1.82, 2.24) is 29.1 Å². The van der Waals surface area contributed by atoms with Gasteiger partial charge in [0.1, 0.15) is 34.1 Å². The molecule has 4 aromatic carbocycles. The lowest BCUT2D eigenvalue weighted by Gasteiger charge is -2.14. The number of anilines is 1. The Bertz CT molecular complexity index is 2680. The first kappa shape index (κ1) is 45.9. The van der Waals surface area contributed by atoms with E-state index in [1.165, 1.54) is 0 Å². The minimum Gasteiger partial charge on any atom is -0.497 e. The number of ether oxygens (including phenoxy) is 2. The van der Waals surface area contributed by atoms with Crippen LogP contribution in [0.3, 0.4) is 0 Å². The highest BCUT2D eigenvalue weighted by atomic mass is 79.9. The molecule has 312 valence electrons. The highest BCUT2D eigenvalue weighted by Crippen LogP contribution is 2.36. The van der Waals surface area contributed by atoms with E-state index in [-0.39, 0.29) is 0 Å². The SMILES string of the molecule is COc1ccc(CN)cc1.COc1ccc(CNc2ncc(Br)cc2-c2nccn2-c2cccc(Cl)c2Cl)cc1.Clc1cccc(-n2ccnc2-c2cc(Br)cnc2Cl)c1Cl. The molecule has 0 saturated heterocycles. The second-order valence-electron chi connectivity index (χ2n) is 12.7. The largest absolute Gasteiger partial charge is 0.497 e. The molecule has 8 rings (SSSR count). The van der Waals surface area contributed by atoms with Crippen molar-refractivity contribution in [3.05, 3.63) is 180 Å². The van der Waals surface area contributed by atoms with Crippen molar-refractivity contribution in [2.24, 2.45) is 5.73 Å². The number of nitrogens with two attached hydrogens (primary N) is 1. The molecule has 0 aliphatic heterocycles. The number of rotatable bonds is 10. The number of nitrogens with zero attached hydrogens (tertiary/aromatic N) is 6. The minimum absolute atomic E-state index is 0.365. The molecule has 0 atom stereocenters. The summed E-state index contributed by atoms with van der Waals surface area (Å²) < 4.78 is 15.6. The molecule has 8 aromatic rings. The van der Waals surface area contributed by atoms with Crippen LogP contribution >= 0.6 is 89.9 Å². The molecule has 0 aliphatic carbocycles. The van der Waals surface area contributed by atoms with Crippen LogP contribution in [0.5, 0.6) is 11.5 Å². The van der Waals surface area contributed by atoms with Gasteiger partial charge in [-0.05, 0) is 104 Å². The molecule has 10 nitrogen and oxygen atoms in total. The molecule has 0 aliphatic rings. The maximum atomic E-state index is 6.45. The summed E-state index contributed by atoms with van der Waals surface area (Å²) in [5.74, 6) is 3.74. The van der Waals surface area contributed by atoms with Crippen LogP contribution in [0.4, 0.5) is 5.82 Å². The molecular formula is C44H35Br2Cl5N8O2. The number of halogens is 7. The third kappa shape index (κ3) is 11.6. The van der Waals surface area contributed by atoms with Gasteiger partial charge >= 0.3 is 0 Å². The molecule has 0 radical (unpaired) electrons. The summed E-state index contributed by atoms with van der Waals surface area (Å²) in [6.07, 6.45) is 10.4. The van der Waals surface area contributed by atoms with Gasteiger partial charge in [0.15, 0.2) is 0 Å². The lowest BCUT2D eigenvalue weighted by molar-refractivity contribution is 0.414. The first-order valence-electron chi connectivity index (χ1n) is 18.1. The van der Waals surface area contributed by atoms with Crippen LogP contribution in [0.25, 0.3) is 34.2 Å². The first-order chi connectivity index (χ1) is 29.5. The molecule has 0 unspecified atom stereocenters. The Morgan fingerprint density at radius 3 is 1.59 bits per heavy atom. The highest BCUT2D eigenvalue weighted by Gasteiger charge is 2.18. The first-order valence-corrected chi connectivity index (χ1v) is 21.6. The molecule has 61 heavy (non-hydrogen) atoms. The maximum Gasteiger partial charge on any atom is 0.148 e. The van der Waals surface area contributed by atoms with E-state index in [1.54, 1.807) is 57.3 Å². The van der Waals surface area contributed by atoms with E-state index >= 15 is 0 Å². The van der Waals surface area contributed by atoms with Crippen LogP contribution in [0.2, 0.25) is 25.2 Å². The predicted molar refractivity (Wildman–Crippen MR) is 255 cm³/mol. The van der Waals surface area contributed by atoms with Gasteiger partial charge in [0.2, 0.25) is 0 Å². The van der Waals surface area contributed by atoms with Gasteiger partial charge in [0.05, 0.1) is 56.8 Å². The van der Waals surface area contributed by atoms with Gasteiger partial charge < -0.3 is 20.5 Å². The summed E-state index contributed by atoms with van der Waals surface area (Å²) in [4.78, 5) is 17.6. The van der Waals surface area contributed by atoms with Crippen molar-refractivity contribution in [2.75, 3.05) is 19.5 Å². The Labute approximate surface area is 394 Å². The van der Waals surface area contributed by atoms with Crippen LogP contribution in [-0.2, 0) is 13.1 Å². The number of methoxy groups -OCH3 is 2. The molecule has 0 saturated carbocycles. The summed E-state index contributed by atoms with van der Waals surface area (Å²) in [7, 11) is 3.30. The number of nitrogens with one attached hydrogen (secondary N) is 1. The third-order valence-electron chi connectivity index (χ3n) is 8.82. The van der Waals surface area contributed by atoms with Crippen molar-refractivity contribution < 1.29 is 9.47 Å². The fourth-order valence-electron chi connectivity index (χ4n) is 5.77. The van der Waals surface area contributed by atoms with Crippen LogP contribution in [0, 0.1) is 0 Å². The molecule has 3 N–H and O–H groups in total. The molecular weight excluding hydrogens is 1010 g/mol. The van der Waals surface area contributed by atoms with Crippen molar-refractivity contribution in [1.29, 1.82) is 0 Å². The molecule has 0 bridgehead atoms. The summed E-state index contributed by atoms with van der Waals surface area (Å²) in [6.45, 7) is 1.19. The standard InChI is InChI=1S/C22H17BrCl2N4O.C14H7BrCl3N3.C8H11NO/c1-30-16-7-5-14(6-8-16)12-27-21-17(11-15(23)13-28-21)22-26-9-10-29(22)19-4-2-3-18(24)20(19)25;15-8-6-9(13(18)20-7-8)14-19-4-5-21(14)11-3-1-2-10(16)12(11)17;1-10-8-4-2-7(6-9)3-5-8/h2-11,13H,12H2,1H3,(H,27,28);1-7H;2-5H,6,9H2,1H3. The van der Waals surface area contributed by atoms with Crippen molar-refractivity contribution >= 4 is 95.7 Å². The van der Waals surface area contributed by atoms with Gasteiger partial charge in [0, 0.05) is 59.2 Å². The van der Waals surface area contributed by atoms with E-state index in [9.17, 15) is 0 Å². The number of hydrogen-bond donors (Lipinski definition) is 2. The summed E-state index contributed by atoms with van der Waals surface area (Å²) in [5, 5.41) is 5.65. The van der Waals surface area contributed by atoms with E-state index in [1.807, 2.05) is 100 Å². The molecule has 0 fully saturated rings. The van der Waals surface area contributed by atoms with Gasteiger partial charge in [0.25, 0.3) is 0 Å². The third-order valence-corrected chi connectivity index (χ3v) is 11.6. The Morgan fingerprint density at radius 2 is 1.08 bits per heavy atom. The van der Waals surface area contributed by atoms with Crippen LogP contribution in [0.1, 0.15) is 11.1 Å². The monoisotopic (exact) mass is 1040 g/mol. The number of imidazole rings is 2. The van der Waals surface area contributed by atoms with Gasteiger partial charge in [-0.1, -0.05) is 94.4 Å². The minimum atomic E-state index is 0.365. The number of pyridine rings is 2. The van der Waals surface area contributed by atoms with Crippen molar-refractivity contribution in [2.45, 2.75) is 13.1 Å². The predicted octanol–water partition coefficient (Wildman–Crippen LogP) is 13.4. The fourth-order valence-corrected chi connectivity index (χ4v) is 7.40. The zero-order chi connectivity index (χ0) is 43.5. The molecule has 4 heterocycles. The highest BCUT2D eigenvalue weighted by molar-refractivity contribution is 9.10. The summed E-state index contributed by atoms with van der Waals surface area (Å²) in [6, 6.07) is 30.4. The van der Waals surface area contributed by atoms with E-state index < -0.39 is 0 Å². The second kappa shape index (κ2) is 21.9. The topological polar surface area (TPSA) is 118 Å². The summed E-state index contributed by atoms with van der Waals surface area (Å²) >= 11 is 38.1. The Balaban J connectivity index is 0.000000173. The molecule has 0 amide bonds.